The Morgan fingerprint density at radius 1 is 1.32 bits per heavy atom. The lowest BCUT2D eigenvalue weighted by molar-refractivity contribution is -0.140. The fraction of sp³-hybridized carbons (Fsp3) is 0.565. The zero-order valence-corrected chi connectivity index (χ0v) is 16.3. The Kier molecular flexibility index (Phi) is 4.22. The first kappa shape index (κ1) is 19.5. The average Bonchev–Trinajstić information content (AvgIpc) is 2.81. The molecule has 4 aliphatic rings. The molecule has 5 heteroatoms. The lowest BCUT2D eigenvalue weighted by Gasteiger charge is -2.59. The number of halogens is 1. The number of alkyl halides is 1. The number of hydrogen-bond donors (Lipinski definition) is 2. The summed E-state index contributed by atoms with van der Waals surface area (Å²) in [6.07, 6.45) is 3.04. The summed E-state index contributed by atoms with van der Waals surface area (Å²) in [6.45, 7) is 11.5. The van der Waals surface area contributed by atoms with Gasteiger partial charge in [0.25, 0.3) is 0 Å². The number of fused-ring (bicyclic) bond motifs is 5. The van der Waals surface area contributed by atoms with E-state index in [-0.39, 0.29) is 35.7 Å². The van der Waals surface area contributed by atoms with Crippen molar-refractivity contribution in [1.82, 2.24) is 0 Å². The van der Waals surface area contributed by atoms with Gasteiger partial charge in [-0.1, -0.05) is 33.1 Å². The smallest absolute Gasteiger partial charge is 0.178 e. The van der Waals surface area contributed by atoms with Gasteiger partial charge >= 0.3 is 0 Å². The van der Waals surface area contributed by atoms with Crippen LogP contribution in [0.4, 0.5) is 4.39 Å². The van der Waals surface area contributed by atoms with Gasteiger partial charge in [0.1, 0.15) is 12.8 Å². The highest BCUT2D eigenvalue weighted by molar-refractivity contribution is 6.01. The number of aliphatic hydroxyl groups is 2. The number of allylic oxidation sites excluding steroid dienone is 6. The molecule has 0 radical (unpaired) electrons. The van der Waals surface area contributed by atoms with E-state index in [2.05, 4.69) is 13.2 Å². The second kappa shape index (κ2) is 6.07. The van der Waals surface area contributed by atoms with Crippen LogP contribution in [0.2, 0.25) is 0 Å². The molecule has 0 aromatic heterocycles. The van der Waals surface area contributed by atoms with Crippen LogP contribution >= 0.6 is 0 Å². The van der Waals surface area contributed by atoms with Crippen LogP contribution < -0.4 is 0 Å². The molecule has 2 unspecified atom stereocenters. The monoisotopic (exact) mass is 386 g/mol. The Hall–Kier alpha value is -1.85. The fourth-order valence-corrected chi connectivity index (χ4v) is 7.01. The maximum atomic E-state index is 15.3. The van der Waals surface area contributed by atoms with E-state index < -0.39 is 35.6 Å². The summed E-state index contributed by atoms with van der Waals surface area (Å²) in [5.41, 5.74) is 0.359. The van der Waals surface area contributed by atoms with Crippen molar-refractivity contribution in [2.24, 2.45) is 34.5 Å². The van der Waals surface area contributed by atoms with E-state index in [0.29, 0.717) is 17.6 Å². The molecule has 0 spiro atoms. The topological polar surface area (TPSA) is 74.6 Å². The van der Waals surface area contributed by atoms with Gasteiger partial charge in [-0.2, -0.15) is 0 Å². The predicted molar refractivity (Wildman–Crippen MR) is 103 cm³/mol. The van der Waals surface area contributed by atoms with Gasteiger partial charge in [-0.3, -0.25) is 9.59 Å². The van der Waals surface area contributed by atoms with Crippen molar-refractivity contribution >= 4 is 11.6 Å². The Labute approximate surface area is 164 Å². The fourth-order valence-electron chi connectivity index (χ4n) is 7.01. The van der Waals surface area contributed by atoms with Gasteiger partial charge in [-0.15, -0.1) is 0 Å². The number of carbonyl (C=O) groups excluding carboxylic acids is 2. The van der Waals surface area contributed by atoms with Gasteiger partial charge in [0.15, 0.2) is 11.6 Å². The van der Waals surface area contributed by atoms with Crippen LogP contribution in [0.25, 0.3) is 0 Å². The third-order valence-electron chi connectivity index (χ3n) is 7.96. The molecule has 0 saturated heterocycles. The van der Waals surface area contributed by atoms with E-state index in [1.54, 1.807) is 6.08 Å². The van der Waals surface area contributed by atoms with Gasteiger partial charge in [0, 0.05) is 11.3 Å². The van der Waals surface area contributed by atoms with E-state index in [4.69, 9.17) is 0 Å². The molecule has 0 aromatic rings. The molecule has 4 rings (SSSR count). The molecule has 0 aromatic carbocycles. The molecule has 4 aliphatic carbocycles. The molecule has 8 atom stereocenters. The van der Waals surface area contributed by atoms with E-state index in [1.807, 2.05) is 13.8 Å². The van der Waals surface area contributed by atoms with Crippen molar-refractivity contribution in [3.05, 3.63) is 48.1 Å². The molecule has 3 saturated carbocycles. The highest BCUT2D eigenvalue weighted by Crippen LogP contribution is 2.68. The van der Waals surface area contributed by atoms with Gasteiger partial charge < -0.3 is 10.2 Å². The number of hydrogen-bond acceptors (Lipinski definition) is 4. The SMILES string of the molecule is C=C1C(=C)[C@H]2[C@@H]3CC(F)C4=CC(=O)C=C[C@]4(C)[C@H]3C(O)C[C@]2(C)[C@H]1C(=O)CO. The highest BCUT2D eigenvalue weighted by atomic mass is 19.1. The molecule has 0 bridgehead atoms. The van der Waals surface area contributed by atoms with Crippen LogP contribution in [0.1, 0.15) is 26.7 Å². The summed E-state index contributed by atoms with van der Waals surface area (Å²) in [5.74, 6) is -1.88. The maximum absolute atomic E-state index is 15.3. The number of rotatable bonds is 2. The molecule has 150 valence electrons. The zero-order chi connectivity index (χ0) is 20.6. The number of carbonyl (C=O) groups is 2. The second-order valence-corrected chi connectivity index (χ2v) is 9.37. The summed E-state index contributed by atoms with van der Waals surface area (Å²) < 4.78 is 15.3. The van der Waals surface area contributed by atoms with E-state index in [1.165, 1.54) is 12.2 Å². The third-order valence-corrected chi connectivity index (χ3v) is 7.96. The Balaban J connectivity index is 1.84. The molecule has 4 nitrogen and oxygen atoms in total. The number of Topliss-reactive ketones (excluding diaryl/α,β-unsaturated/α-hetero) is 1. The van der Waals surface area contributed by atoms with Gasteiger partial charge in [0.2, 0.25) is 0 Å². The molecule has 0 heterocycles. The summed E-state index contributed by atoms with van der Waals surface area (Å²) in [4.78, 5) is 24.4. The quantitative estimate of drug-likeness (QED) is 0.765. The Morgan fingerprint density at radius 2 is 2.00 bits per heavy atom. The lowest BCUT2D eigenvalue weighted by Crippen LogP contribution is -2.58. The maximum Gasteiger partial charge on any atom is 0.178 e. The highest BCUT2D eigenvalue weighted by Gasteiger charge is 2.66. The molecule has 2 N–H and O–H groups in total. The van der Waals surface area contributed by atoms with Crippen molar-refractivity contribution in [2.45, 2.75) is 39.0 Å². The van der Waals surface area contributed by atoms with Crippen LogP contribution in [0.3, 0.4) is 0 Å². The van der Waals surface area contributed by atoms with Crippen molar-refractivity contribution in [2.75, 3.05) is 6.61 Å². The van der Waals surface area contributed by atoms with Crippen LogP contribution in [-0.4, -0.2) is 40.7 Å². The second-order valence-electron chi connectivity index (χ2n) is 9.37. The molecular formula is C23H27FO4. The van der Waals surface area contributed by atoms with Crippen LogP contribution in [0.5, 0.6) is 0 Å². The predicted octanol–water partition coefficient (Wildman–Crippen LogP) is 2.72. The molecule has 0 amide bonds. The first-order valence-electron chi connectivity index (χ1n) is 9.85. The summed E-state index contributed by atoms with van der Waals surface area (Å²) in [6, 6.07) is 0. The van der Waals surface area contributed by atoms with Crippen molar-refractivity contribution < 1.29 is 24.2 Å². The van der Waals surface area contributed by atoms with Gasteiger partial charge in [-0.25, -0.2) is 4.39 Å². The zero-order valence-electron chi connectivity index (χ0n) is 16.3. The van der Waals surface area contributed by atoms with Crippen LogP contribution in [-0.2, 0) is 9.59 Å². The van der Waals surface area contributed by atoms with Crippen LogP contribution in [0, 0.1) is 34.5 Å². The van der Waals surface area contributed by atoms with Crippen molar-refractivity contribution in [3.8, 4) is 0 Å². The first-order chi connectivity index (χ1) is 13.1. The average molecular weight is 386 g/mol. The van der Waals surface area contributed by atoms with E-state index >= 15 is 4.39 Å². The van der Waals surface area contributed by atoms with E-state index in [9.17, 15) is 19.8 Å². The molecular weight excluding hydrogens is 359 g/mol. The number of ketones is 2. The van der Waals surface area contributed by atoms with Gasteiger partial charge in [0.05, 0.1) is 12.0 Å². The first-order valence-corrected chi connectivity index (χ1v) is 9.85. The van der Waals surface area contributed by atoms with Gasteiger partial charge in [-0.05, 0) is 59.0 Å². The summed E-state index contributed by atoms with van der Waals surface area (Å²) >= 11 is 0. The van der Waals surface area contributed by atoms with Crippen molar-refractivity contribution in [3.63, 3.8) is 0 Å². The molecule has 28 heavy (non-hydrogen) atoms. The molecule has 3 fully saturated rings. The minimum Gasteiger partial charge on any atom is -0.393 e. The standard InChI is InChI=1S/C23H27FO4/c1-11-12(2)20(18(28)10-25)23(4)9-17(27)21-14(19(11)23)8-16(24)15-7-13(26)5-6-22(15,21)3/h5-7,14,16-17,19-21,25,27H,1-2,8-10H2,3-4H3/t14-,16?,17?,19-,20+,21+,22-,23-/m0/s1. The minimum atomic E-state index is -1.29. The summed E-state index contributed by atoms with van der Waals surface area (Å²) in [5, 5.41) is 20.7. The number of aliphatic hydroxyl groups excluding tert-OH is 2. The third kappa shape index (κ3) is 2.29. The van der Waals surface area contributed by atoms with Crippen LogP contribution in [0.15, 0.2) is 48.1 Å². The van der Waals surface area contributed by atoms with E-state index in [0.717, 1.165) is 5.57 Å². The minimum absolute atomic E-state index is 0.177. The Morgan fingerprint density at radius 3 is 2.64 bits per heavy atom. The lowest BCUT2D eigenvalue weighted by atomic mass is 9.46. The summed E-state index contributed by atoms with van der Waals surface area (Å²) in [7, 11) is 0. The Bertz CT molecular complexity index is 855. The normalized spacial score (nSPS) is 47.3. The largest absolute Gasteiger partial charge is 0.393 e. The van der Waals surface area contributed by atoms with Crippen molar-refractivity contribution in [1.29, 1.82) is 0 Å². The molecule has 0 aliphatic heterocycles.